The molecule has 1 atom stereocenters. The molecule has 0 aromatic carbocycles. The highest BCUT2D eigenvalue weighted by Gasteiger charge is 2.29. The third-order valence-corrected chi connectivity index (χ3v) is 1.68. The average Bonchev–Trinajstić information content (AvgIpc) is 1.98. The predicted molar refractivity (Wildman–Crippen MR) is 47.0 cm³/mol. The Morgan fingerprint density at radius 2 is 1.86 bits per heavy atom. The first-order chi connectivity index (χ1) is 6.28. The number of Topliss-reactive ketones (excluding diaryl/α,β-unsaturated/α-hetero) is 1. The van der Waals surface area contributed by atoms with Gasteiger partial charge in [0.25, 0.3) is 10.1 Å². The van der Waals surface area contributed by atoms with Crippen molar-refractivity contribution in [1.82, 2.24) is 0 Å². The fourth-order valence-electron chi connectivity index (χ4n) is 0.666. The van der Waals surface area contributed by atoms with Crippen LogP contribution in [0.25, 0.3) is 0 Å². The number of hydrogen-bond donors (Lipinski definition) is 0. The maximum atomic E-state index is 11.0. The molecular weight excluding hydrogens is 212 g/mol. The lowest BCUT2D eigenvalue weighted by Crippen LogP contribution is -2.34. The van der Waals surface area contributed by atoms with Crippen LogP contribution in [0.3, 0.4) is 0 Å². The molecule has 0 aromatic heterocycles. The quantitative estimate of drug-likeness (QED) is 0.355. The summed E-state index contributed by atoms with van der Waals surface area (Å²) >= 11 is 0. The van der Waals surface area contributed by atoms with Crippen LogP contribution in [0.4, 0.5) is 0 Å². The summed E-state index contributed by atoms with van der Waals surface area (Å²) in [4.78, 5) is 21.9. The van der Waals surface area contributed by atoms with Crippen molar-refractivity contribution >= 4 is 21.9 Å². The fourth-order valence-corrected chi connectivity index (χ4v) is 1.23. The van der Waals surface area contributed by atoms with Gasteiger partial charge in [-0.1, -0.05) is 0 Å². The monoisotopic (exact) mass is 224 g/mol. The highest BCUT2D eigenvalue weighted by Crippen LogP contribution is 2.02. The van der Waals surface area contributed by atoms with Crippen LogP contribution in [0.2, 0.25) is 0 Å². The molecule has 0 amide bonds. The molecule has 0 aliphatic carbocycles. The van der Waals surface area contributed by atoms with Crippen LogP contribution >= 0.6 is 0 Å². The minimum atomic E-state index is -3.85. The van der Waals surface area contributed by atoms with E-state index in [1.54, 1.807) is 0 Å². The summed E-state index contributed by atoms with van der Waals surface area (Å²) < 4.78 is 30.1. The second kappa shape index (κ2) is 5.06. The number of esters is 1. The van der Waals surface area contributed by atoms with Gasteiger partial charge in [-0.2, -0.15) is 8.42 Å². The molecule has 0 saturated heterocycles. The van der Waals surface area contributed by atoms with Crippen LogP contribution in [-0.4, -0.2) is 39.1 Å². The minimum Gasteiger partial charge on any atom is -0.464 e. The summed E-state index contributed by atoms with van der Waals surface area (Å²) in [6.45, 7) is 2.64. The van der Waals surface area contributed by atoms with E-state index < -0.39 is 28.0 Å². The summed E-state index contributed by atoms with van der Waals surface area (Å²) in [5.41, 5.74) is 0. The van der Waals surface area contributed by atoms with Crippen molar-refractivity contribution in [3.63, 3.8) is 0 Å². The molecule has 0 aliphatic heterocycles. The number of carbonyl (C=O) groups is 2. The van der Waals surface area contributed by atoms with Crippen molar-refractivity contribution in [2.24, 2.45) is 0 Å². The lowest BCUT2D eigenvalue weighted by atomic mass is 10.3. The zero-order valence-corrected chi connectivity index (χ0v) is 8.96. The molecule has 14 heavy (non-hydrogen) atoms. The predicted octanol–water partition coefficient (Wildman–Crippen LogP) is -0.517. The molecular formula is C7H12O6S. The van der Waals surface area contributed by atoms with Gasteiger partial charge in [-0.15, -0.1) is 0 Å². The summed E-state index contributed by atoms with van der Waals surface area (Å²) in [6, 6.07) is 0. The Hall–Kier alpha value is -0.950. The maximum Gasteiger partial charge on any atom is 0.344 e. The lowest BCUT2D eigenvalue weighted by molar-refractivity contribution is -0.154. The molecule has 6 nitrogen and oxygen atoms in total. The number of ether oxygens (including phenoxy) is 1. The van der Waals surface area contributed by atoms with E-state index in [1.807, 2.05) is 0 Å². The first-order valence-corrected chi connectivity index (χ1v) is 5.65. The Kier molecular flexibility index (Phi) is 4.72. The number of carbonyl (C=O) groups excluding carboxylic acids is 2. The van der Waals surface area contributed by atoms with Gasteiger partial charge in [-0.3, -0.25) is 4.79 Å². The van der Waals surface area contributed by atoms with Crippen molar-refractivity contribution in [1.29, 1.82) is 0 Å². The van der Waals surface area contributed by atoms with Gasteiger partial charge in [0.1, 0.15) is 0 Å². The van der Waals surface area contributed by atoms with Crippen LogP contribution in [-0.2, 0) is 28.6 Å². The molecule has 0 saturated carbocycles. The van der Waals surface area contributed by atoms with E-state index in [2.05, 4.69) is 8.92 Å². The van der Waals surface area contributed by atoms with Gasteiger partial charge in [-0.25, -0.2) is 8.98 Å². The van der Waals surface area contributed by atoms with E-state index in [4.69, 9.17) is 0 Å². The van der Waals surface area contributed by atoms with Crippen molar-refractivity contribution in [3.05, 3.63) is 0 Å². The Morgan fingerprint density at radius 1 is 1.36 bits per heavy atom. The Balaban J connectivity index is 4.62. The largest absolute Gasteiger partial charge is 0.464 e. The second-order valence-corrected chi connectivity index (χ2v) is 4.14. The van der Waals surface area contributed by atoms with Gasteiger partial charge in [0.2, 0.25) is 6.10 Å². The molecule has 0 aromatic rings. The molecule has 1 unspecified atom stereocenters. The summed E-state index contributed by atoms with van der Waals surface area (Å²) in [5.74, 6) is -1.71. The fraction of sp³-hybridized carbons (Fsp3) is 0.714. The van der Waals surface area contributed by atoms with E-state index in [0.29, 0.717) is 0 Å². The lowest BCUT2D eigenvalue weighted by Gasteiger charge is -2.11. The van der Waals surface area contributed by atoms with E-state index in [-0.39, 0.29) is 6.61 Å². The van der Waals surface area contributed by atoms with E-state index in [9.17, 15) is 18.0 Å². The summed E-state index contributed by atoms with van der Waals surface area (Å²) in [5, 5.41) is 0. The molecule has 0 rings (SSSR count). The van der Waals surface area contributed by atoms with E-state index in [1.165, 1.54) is 6.92 Å². The van der Waals surface area contributed by atoms with E-state index in [0.717, 1.165) is 13.2 Å². The van der Waals surface area contributed by atoms with Crippen molar-refractivity contribution in [2.75, 3.05) is 12.9 Å². The normalized spacial score (nSPS) is 13.4. The highest BCUT2D eigenvalue weighted by atomic mass is 32.2. The van der Waals surface area contributed by atoms with Crippen molar-refractivity contribution < 1.29 is 26.9 Å². The summed E-state index contributed by atoms with van der Waals surface area (Å²) in [6.07, 6.45) is -0.938. The van der Waals surface area contributed by atoms with Gasteiger partial charge in [-0.05, 0) is 13.8 Å². The zero-order chi connectivity index (χ0) is 11.4. The Morgan fingerprint density at radius 3 is 2.14 bits per heavy atom. The van der Waals surface area contributed by atoms with Gasteiger partial charge < -0.3 is 4.74 Å². The van der Waals surface area contributed by atoms with Gasteiger partial charge >= 0.3 is 5.97 Å². The molecule has 0 heterocycles. The molecule has 82 valence electrons. The third-order valence-electron chi connectivity index (χ3n) is 1.14. The molecule has 7 heteroatoms. The van der Waals surface area contributed by atoms with Crippen LogP contribution in [0.15, 0.2) is 0 Å². The minimum absolute atomic E-state index is 0.0513. The van der Waals surface area contributed by atoms with Crippen LogP contribution in [0.5, 0.6) is 0 Å². The standard InChI is InChI=1S/C7H12O6S/c1-4-12-7(9)6(5(2)8)13-14(3,10)11/h6H,4H2,1-3H3. The first kappa shape index (κ1) is 13.1. The highest BCUT2D eigenvalue weighted by molar-refractivity contribution is 7.86. The molecule has 0 radical (unpaired) electrons. The SMILES string of the molecule is CCOC(=O)C(OS(C)(=O)=O)C(C)=O. The first-order valence-electron chi connectivity index (χ1n) is 3.83. The molecule has 0 spiro atoms. The van der Waals surface area contributed by atoms with Crippen LogP contribution in [0.1, 0.15) is 13.8 Å². The number of ketones is 1. The molecule has 0 fully saturated rings. The topological polar surface area (TPSA) is 86.7 Å². The molecule has 0 N–H and O–H groups in total. The molecule has 0 aliphatic rings. The van der Waals surface area contributed by atoms with Gasteiger partial charge in [0.15, 0.2) is 5.78 Å². The van der Waals surface area contributed by atoms with Crippen LogP contribution < -0.4 is 0 Å². The van der Waals surface area contributed by atoms with Crippen molar-refractivity contribution in [3.8, 4) is 0 Å². The smallest absolute Gasteiger partial charge is 0.344 e. The van der Waals surface area contributed by atoms with Crippen LogP contribution in [0, 0.1) is 0 Å². The average molecular weight is 224 g/mol. The number of rotatable bonds is 5. The Labute approximate surface area is 82.3 Å². The number of hydrogen-bond acceptors (Lipinski definition) is 6. The maximum absolute atomic E-state index is 11.0. The zero-order valence-electron chi connectivity index (χ0n) is 8.14. The van der Waals surface area contributed by atoms with Gasteiger partial charge in [0, 0.05) is 0 Å². The Bertz CT molecular complexity index is 317. The van der Waals surface area contributed by atoms with Crippen molar-refractivity contribution in [2.45, 2.75) is 20.0 Å². The van der Waals surface area contributed by atoms with E-state index >= 15 is 0 Å². The third kappa shape index (κ3) is 4.93. The second-order valence-electron chi connectivity index (χ2n) is 2.54. The summed E-state index contributed by atoms with van der Waals surface area (Å²) in [7, 11) is -3.85. The molecule has 0 bridgehead atoms. The van der Waals surface area contributed by atoms with Gasteiger partial charge in [0.05, 0.1) is 12.9 Å².